The normalized spacial score (nSPS) is 17.7. The van der Waals surface area contributed by atoms with E-state index in [2.05, 4.69) is 68.4 Å². The third kappa shape index (κ3) is 15.6. The summed E-state index contributed by atoms with van der Waals surface area (Å²) >= 11 is 0. The van der Waals surface area contributed by atoms with E-state index in [1.807, 2.05) is 40.7 Å². The van der Waals surface area contributed by atoms with Gasteiger partial charge in [0.2, 0.25) is 0 Å². The summed E-state index contributed by atoms with van der Waals surface area (Å²) in [5, 5.41) is 3.26. The summed E-state index contributed by atoms with van der Waals surface area (Å²) in [6, 6.07) is 12.7. The second-order valence-electron chi connectivity index (χ2n) is 13.3. The number of aryl methyl sites for hydroxylation is 2. The maximum Gasteiger partial charge on any atom is 0.270 e. The number of nitrogens with one attached hydrogen (secondary N) is 1. The number of benzene rings is 2. The van der Waals surface area contributed by atoms with Crippen molar-refractivity contribution in [2.75, 3.05) is 26.2 Å². The van der Waals surface area contributed by atoms with Crippen LogP contribution in [0, 0.1) is 11.8 Å². The second kappa shape index (κ2) is 23.4. The van der Waals surface area contributed by atoms with Crippen LogP contribution in [0.3, 0.4) is 0 Å². The number of hydrogen-bond acceptors (Lipinski definition) is 3. The molecule has 1 saturated heterocycles. The summed E-state index contributed by atoms with van der Waals surface area (Å²) in [5.41, 5.74) is 9.11. The predicted molar refractivity (Wildman–Crippen MR) is 210 cm³/mol. The highest BCUT2D eigenvalue weighted by Gasteiger charge is 2.23. The lowest BCUT2D eigenvalue weighted by Gasteiger charge is -2.30. The highest BCUT2D eigenvalue weighted by Crippen LogP contribution is 2.37. The van der Waals surface area contributed by atoms with Crippen LogP contribution in [0.15, 0.2) is 72.0 Å². The number of carbonyl (C=O) groups is 1. The largest absolute Gasteiger partial charge is 0.387 e. The highest BCUT2D eigenvalue weighted by atomic mass is 19.3. The molecule has 2 aromatic rings. The van der Waals surface area contributed by atoms with Crippen LogP contribution < -0.4 is 5.32 Å². The van der Waals surface area contributed by atoms with Crippen LogP contribution >= 0.6 is 0 Å². The molecule has 1 fully saturated rings. The minimum Gasteiger partial charge on any atom is -0.387 e. The molecule has 2 heterocycles. The first-order chi connectivity index (χ1) is 23.4. The average molecular weight is 679 g/mol. The molecule has 5 rings (SSSR count). The molecule has 3 aliphatic rings. The van der Waals surface area contributed by atoms with Crippen LogP contribution in [-0.4, -0.2) is 36.9 Å². The van der Waals surface area contributed by atoms with Gasteiger partial charge < -0.3 is 5.32 Å². The number of alkyl halides is 2. The van der Waals surface area contributed by atoms with Gasteiger partial charge >= 0.3 is 0 Å². The first-order valence-corrected chi connectivity index (χ1v) is 19.0. The van der Waals surface area contributed by atoms with Gasteiger partial charge in [-0.05, 0) is 118 Å². The monoisotopic (exact) mass is 679 g/mol. The van der Waals surface area contributed by atoms with E-state index >= 15 is 0 Å². The lowest BCUT2D eigenvalue weighted by molar-refractivity contribution is 0.0174. The van der Waals surface area contributed by atoms with Gasteiger partial charge in [-0.25, -0.2) is 8.78 Å². The third-order valence-electron chi connectivity index (χ3n) is 9.31. The van der Waals surface area contributed by atoms with E-state index in [1.54, 1.807) is 19.1 Å². The number of Topliss-reactive ketones (excluding diaryl/α,β-unsaturated/α-hetero) is 1. The van der Waals surface area contributed by atoms with Crippen molar-refractivity contribution in [3.05, 3.63) is 99.8 Å². The van der Waals surface area contributed by atoms with E-state index in [0.29, 0.717) is 0 Å². The van der Waals surface area contributed by atoms with E-state index < -0.39 is 5.92 Å². The summed E-state index contributed by atoms with van der Waals surface area (Å²) < 4.78 is 25.4. The topological polar surface area (TPSA) is 32.3 Å². The van der Waals surface area contributed by atoms with Crippen LogP contribution in [0.2, 0.25) is 0 Å². The number of halogens is 2. The first-order valence-electron chi connectivity index (χ1n) is 19.0. The fourth-order valence-corrected chi connectivity index (χ4v) is 6.09. The Bertz CT molecular complexity index is 1330. The molecule has 0 saturated carbocycles. The minimum absolute atomic E-state index is 0.0831. The number of dihydropyridines is 1. The summed E-state index contributed by atoms with van der Waals surface area (Å²) in [6.07, 6.45) is 14.9. The number of likely N-dealkylation sites (tertiary alicyclic amines) is 1. The van der Waals surface area contributed by atoms with Gasteiger partial charge in [0, 0.05) is 37.3 Å². The lowest BCUT2D eigenvalue weighted by Crippen LogP contribution is -2.34. The maximum atomic E-state index is 12.7. The molecule has 0 radical (unpaired) electrons. The van der Waals surface area contributed by atoms with E-state index in [1.165, 1.54) is 78.8 Å². The van der Waals surface area contributed by atoms with Crippen molar-refractivity contribution in [2.24, 2.45) is 11.8 Å². The number of allylic oxidation sites excluding steroid dienone is 2. The molecule has 1 N–H and O–H groups in total. The van der Waals surface area contributed by atoms with Gasteiger partial charge in [0.25, 0.3) is 5.92 Å². The summed E-state index contributed by atoms with van der Waals surface area (Å²) in [5.74, 6) is -0.873. The smallest absolute Gasteiger partial charge is 0.270 e. The Morgan fingerprint density at radius 3 is 2.06 bits per heavy atom. The van der Waals surface area contributed by atoms with Gasteiger partial charge in [0.05, 0.1) is 0 Å². The molecule has 1 atom stereocenters. The number of carbonyl (C=O) groups excluding carboxylic acids is 1. The summed E-state index contributed by atoms with van der Waals surface area (Å²) in [7, 11) is 0. The Kier molecular flexibility index (Phi) is 21.0. The van der Waals surface area contributed by atoms with Gasteiger partial charge in [-0.15, -0.1) is 0 Å². The van der Waals surface area contributed by atoms with Crippen molar-refractivity contribution in [1.82, 2.24) is 10.2 Å². The zero-order valence-corrected chi connectivity index (χ0v) is 32.8. The fourth-order valence-electron chi connectivity index (χ4n) is 6.09. The van der Waals surface area contributed by atoms with Gasteiger partial charge in [0.1, 0.15) is 0 Å². The molecular formula is C44H68F2N2O. The molecular weight excluding hydrogens is 610 g/mol. The molecule has 274 valence electrons. The summed E-state index contributed by atoms with van der Waals surface area (Å²) in [6.45, 7) is 26.3. The molecule has 2 aliphatic heterocycles. The number of ketones is 1. The lowest BCUT2D eigenvalue weighted by atomic mass is 9.80. The van der Waals surface area contributed by atoms with Crippen LogP contribution in [0.4, 0.5) is 8.78 Å². The van der Waals surface area contributed by atoms with Gasteiger partial charge in [-0.1, -0.05) is 110 Å². The van der Waals surface area contributed by atoms with Crippen molar-refractivity contribution in [3.8, 4) is 0 Å². The Balaban J connectivity index is 0.000000358. The minimum atomic E-state index is -2.72. The molecule has 0 amide bonds. The van der Waals surface area contributed by atoms with Crippen LogP contribution in [-0.2, 0) is 18.8 Å². The molecule has 1 aliphatic carbocycles. The van der Waals surface area contributed by atoms with Crippen molar-refractivity contribution >= 4 is 11.4 Å². The number of nitrogens with zero attached hydrogens (tertiary/aromatic N) is 1. The van der Waals surface area contributed by atoms with Crippen molar-refractivity contribution in [3.63, 3.8) is 0 Å². The van der Waals surface area contributed by atoms with Crippen LogP contribution in [0.25, 0.3) is 5.57 Å². The Morgan fingerprint density at radius 2 is 1.55 bits per heavy atom. The summed E-state index contributed by atoms with van der Waals surface area (Å²) in [4.78, 5) is 14.2. The van der Waals surface area contributed by atoms with Gasteiger partial charge in [0.15, 0.2) is 5.78 Å². The van der Waals surface area contributed by atoms with Gasteiger partial charge in [-0.2, -0.15) is 0 Å². The Morgan fingerprint density at radius 1 is 0.918 bits per heavy atom. The van der Waals surface area contributed by atoms with Crippen LogP contribution in [0.5, 0.6) is 0 Å². The molecule has 2 aromatic carbocycles. The number of hydrogen-bond donors (Lipinski definition) is 1. The SMILES string of the molecule is CC.CC.CC1CCN(CC2=CNCC=C2)CC1.CCc1ccc(C(C)(F)F)cc1.CCc1ccc(C(C)=O)cc1C1=C(C)CCC(C)C1. The first kappa shape index (κ1) is 44.0. The predicted octanol–water partition coefficient (Wildman–Crippen LogP) is 12.2. The van der Waals surface area contributed by atoms with E-state index in [-0.39, 0.29) is 11.3 Å². The average Bonchev–Trinajstić information content (AvgIpc) is 3.12. The molecule has 0 bridgehead atoms. The van der Waals surface area contributed by atoms with Crippen molar-refractivity contribution in [2.45, 2.75) is 127 Å². The van der Waals surface area contributed by atoms with Crippen molar-refractivity contribution < 1.29 is 13.6 Å². The van der Waals surface area contributed by atoms with Crippen LogP contribution in [0.1, 0.15) is 141 Å². The second-order valence-corrected chi connectivity index (χ2v) is 13.3. The molecule has 5 heteroatoms. The Labute approximate surface area is 299 Å². The molecule has 49 heavy (non-hydrogen) atoms. The number of rotatable bonds is 7. The van der Waals surface area contributed by atoms with E-state index in [9.17, 15) is 13.6 Å². The highest BCUT2D eigenvalue weighted by molar-refractivity contribution is 5.95. The van der Waals surface area contributed by atoms with Crippen molar-refractivity contribution in [1.29, 1.82) is 0 Å². The fraction of sp³-hybridized carbons (Fsp3) is 0.568. The molecule has 3 nitrogen and oxygen atoms in total. The number of piperidine rings is 1. The van der Waals surface area contributed by atoms with Gasteiger partial charge in [-0.3, -0.25) is 9.69 Å². The maximum absolute atomic E-state index is 12.7. The molecule has 1 unspecified atom stereocenters. The quantitative estimate of drug-likeness (QED) is 0.296. The molecule has 0 aromatic heterocycles. The van der Waals surface area contributed by atoms with E-state index in [4.69, 9.17) is 0 Å². The zero-order valence-electron chi connectivity index (χ0n) is 32.8. The third-order valence-corrected chi connectivity index (χ3v) is 9.31. The zero-order chi connectivity index (χ0) is 37.0. The Hall–Kier alpha value is -3.05. The van der Waals surface area contributed by atoms with E-state index in [0.717, 1.165) is 62.2 Å². The molecule has 0 spiro atoms. The standard InChI is InChI=1S/C18H24O.C12H20N2.C10H12F2.2C2H6/c1-5-15-8-9-16(14(4)19)11-18(15)17-10-12(2)6-7-13(17)3;1-11-4-7-14(8-5-11)10-12-3-2-6-13-9-12;1-3-8-4-6-9(7-5-8)10(2,11)12;2*1-2/h8-9,11-12H,5-7,10H2,1-4H3;2-3,9,11,13H,4-8,10H2,1H3;4-7H,3H2,1-2H3;2*1-2H3.